The Hall–Kier alpha value is -1.75. The fourth-order valence-electron chi connectivity index (χ4n) is 1.97. The molecule has 6 heteroatoms. The summed E-state index contributed by atoms with van der Waals surface area (Å²) in [5.74, 6) is 0.102. The van der Waals surface area contributed by atoms with Crippen LogP contribution in [0.1, 0.15) is 38.2 Å². The summed E-state index contributed by atoms with van der Waals surface area (Å²) in [6.45, 7) is 3.89. The van der Waals surface area contributed by atoms with Gasteiger partial charge in [0.15, 0.2) is 6.10 Å². The van der Waals surface area contributed by atoms with E-state index in [0.29, 0.717) is 18.1 Å². The third-order valence-corrected chi connectivity index (χ3v) is 3.95. The van der Waals surface area contributed by atoms with Gasteiger partial charge in [0.25, 0.3) is 5.91 Å². The molecule has 5 nitrogen and oxygen atoms in total. The van der Waals surface area contributed by atoms with Gasteiger partial charge in [-0.05, 0) is 56.9 Å². The molecule has 1 aliphatic rings. The number of halogens is 1. The summed E-state index contributed by atoms with van der Waals surface area (Å²) in [6, 6.07) is 5.68. The first-order valence-corrected chi connectivity index (χ1v) is 8.22. The minimum atomic E-state index is -0.747. The van der Waals surface area contributed by atoms with E-state index < -0.39 is 6.10 Å². The van der Waals surface area contributed by atoms with Gasteiger partial charge < -0.3 is 14.8 Å². The van der Waals surface area contributed by atoms with Crippen molar-refractivity contribution < 1.29 is 19.1 Å². The van der Waals surface area contributed by atoms with Crippen LogP contribution >= 0.6 is 11.6 Å². The number of aryl methyl sites for hydroxylation is 1. The van der Waals surface area contributed by atoms with E-state index in [2.05, 4.69) is 5.32 Å². The molecule has 0 aliphatic heterocycles. The number of ether oxygens (including phenoxy) is 2. The fraction of sp³-hybridized carbons (Fsp3) is 0.529. The van der Waals surface area contributed by atoms with Crippen molar-refractivity contribution in [2.45, 2.75) is 51.7 Å². The molecule has 1 atom stereocenters. The molecule has 1 aromatic carbocycles. The maximum atomic E-state index is 11.7. The van der Waals surface area contributed by atoms with E-state index in [1.807, 2.05) is 13.0 Å². The van der Waals surface area contributed by atoms with Gasteiger partial charge in [0.05, 0.1) is 6.61 Å². The second kappa shape index (κ2) is 8.20. The Labute approximate surface area is 141 Å². The van der Waals surface area contributed by atoms with Gasteiger partial charge >= 0.3 is 5.97 Å². The summed E-state index contributed by atoms with van der Waals surface area (Å²) < 4.78 is 10.7. The lowest BCUT2D eigenvalue weighted by Gasteiger charge is -2.13. The molecule has 0 saturated heterocycles. The number of amides is 1. The van der Waals surface area contributed by atoms with Crippen LogP contribution in [0.25, 0.3) is 0 Å². The Bertz CT molecular complexity index is 572. The molecule has 0 radical (unpaired) electrons. The predicted octanol–water partition coefficient (Wildman–Crippen LogP) is 3.02. The van der Waals surface area contributed by atoms with Crippen molar-refractivity contribution in [2.75, 3.05) is 6.61 Å². The van der Waals surface area contributed by atoms with Gasteiger partial charge in [-0.3, -0.25) is 9.59 Å². The van der Waals surface area contributed by atoms with Gasteiger partial charge in [0, 0.05) is 17.5 Å². The molecule has 1 saturated carbocycles. The third-order valence-electron chi connectivity index (χ3n) is 3.52. The third kappa shape index (κ3) is 6.10. The average molecular weight is 340 g/mol. The van der Waals surface area contributed by atoms with Crippen LogP contribution in [0.4, 0.5) is 0 Å². The standard InChI is InChI=1S/C17H22ClNO4/c1-11-10-14(7-8-15(11)18)22-9-3-4-16(20)23-12(2)17(21)19-13-5-6-13/h7-8,10,12-13H,3-6,9H2,1-2H3,(H,19,21)/t12-/m1/s1. The van der Waals surface area contributed by atoms with Gasteiger partial charge in [0.2, 0.25) is 0 Å². The van der Waals surface area contributed by atoms with Crippen LogP contribution in [0.3, 0.4) is 0 Å². The summed E-state index contributed by atoms with van der Waals surface area (Å²) in [4.78, 5) is 23.4. The quantitative estimate of drug-likeness (QED) is 0.584. The van der Waals surface area contributed by atoms with Crippen molar-refractivity contribution in [3.8, 4) is 5.75 Å². The Kier molecular flexibility index (Phi) is 6.28. The van der Waals surface area contributed by atoms with Crippen LogP contribution in [-0.2, 0) is 14.3 Å². The molecule has 1 aliphatic carbocycles. The van der Waals surface area contributed by atoms with E-state index in [0.717, 1.165) is 24.2 Å². The van der Waals surface area contributed by atoms with Crippen molar-refractivity contribution in [3.63, 3.8) is 0 Å². The van der Waals surface area contributed by atoms with Crippen LogP contribution < -0.4 is 10.1 Å². The minimum absolute atomic E-state index is 0.216. The highest BCUT2D eigenvalue weighted by Crippen LogP contribution is 2.21. The molecule has 1 N–H and O–H groups in total. The van der Waals surface area contributed by atoms with Crippen molar-refractivity contribution in [1.29, 1.82) is 0 Å². The average Bonchev–Trinajstić information content (AvgIpc) is 3.31. The molecule has 0 aromatic heterocycles. The van der Waals surface area contributed by atoms with Crippen molar-refractivity contribution in [2.24, 2.45) is 0 Å². The largest absolute Gasteiger partial charge is 0.494 e. The number of carbonyl (C=O) groups is 2. The fourth-order valence-corrected chi connectivity index (χ4v) is 2.09. The number of esters is 1. The first-order valence-electron chi connectivity index (χ1n) is 7.84. The second-order valence-corrected chi connectivity index (χ2v) is 6.19. The van der Waals surface area contributed by atoms with Gasteiger partial charge in [-0.1, -0.05) is 11.6 Å². The minimum Gasteiger partial charge on any atom is -0.494 e. The monoisotopic (exact) mass is 339 g/mol. The summed E-state index contributed by atoms with van der Waals surface area (Å²) in [7, 11) is 0. The van der Waals surface area contributed by atoms with E-state index in [4.69, 9.17) is 21.1 Å². The molecular weight excluding hydrogens is 318 g/mol. The van der Waals surface area contributed by atoms with Gasteiger partial charge in [-0.15, -0.1) is 0 Å². The van der Waals surface area contributed by atoms with E-state index in [1.54, 1.807) is 19.1 Å². The molecular formula is C17H22ClNO4. The van der Waals surface area contributed by atoms with Crippen LogP contribution in [0, 0.1) is 6.92 Å². The number of nitrogens with one attached hydrogen (secondary N) is 1. The molecule has 23 heavy (non-hydrogen) atoms. The van der Waals surface area contributed by atoms with Crippen LogP contribution in [0.2, 0.25) is 5.02 Å². The summed E-state index contributed by atoms with van der Waals surface area (Å²) in [6.07, 6.45) is 2.01. The topological polar surface area (TPSA) is 64.6 Å². The molecule has 0 spiro atoms. The molecule has 0 heterocycles. The van der Waals surface area contributed by atoms with Crippen molar-refractivity contribution >= 4 is 23.5 Å². The van der Waals surface area contributed by atoms with Crippen LogP contribution in [0.15, 0.2) is 18.2 Å². The van der Waals surface area contributed by atoms with Gasteiger partial charge in [0.1, 0.15) is 5.75 Å². The zero-order chi connectivity index (χ0) is 16.8. The zero-order valence-electron chi connectivity index (χ0n) is 13.4. The van der Waals surface area contributed by atoms with Crippen molar-refractivity contribution in [1.82, 2.24) is 5.32 Å². The van der Waals surface area contributed by atoms with Crippen molar-refractivity contribution in [3.05, 3.63) is 28.8 Å². The van der Waals surface area contributed by atoms with Crippen LogP contribution in [0.5, 0.6) is 5.75 Å². The highest BCUT2D eigenvalue weighted by atomic mass is 35.5. The molecule has 0 bridgehead atoms. The number of hydrogen-bond donors (Lipinski definition) is 1. The Morgan fingerprint density at radius 3 is 2.78 bits per heavy atom. The molecule has 1 aromatic rings. The SMILES string of the molecule is Cc1cc(OCCCC(=O)O[C@H](C)C(=O)NC2CC2)ccc1Cl. The number of carbonyl (C=O) groups excluding carboxylic acids is 2. The van der Waals surface area contributed by atoms with Gasteiger partial charge in [-0.2, -0.15) is 0 Å². The van der Waals surface area contributed by atoms with Crippen LogP contribution in [-0.4, -0.2) is 30.6 Å². The molecule has 0 unspecified atom stereocenters. The van der Waals surface area contributed by atoms with E-state index in [1.165, 1.54) is 0 Å². The second-order valence-electron chi connectivity index (χ2n) is 5.78. The van der Waals surface area contributed by atoms with E-state index >= 15 is 0 Å². The van der Waals surface area contributed by atoms with E-state index in [-0.39, 0.29) is 24.3 Å². The molecule has 1 amide bonds. The molecule has 126 valence electrons. The number of hydrogen-bond acceptors (Lipinski definition) is 4. The first kappa shape index (κ1) is 17.6. The Balaban J connectivity index is 1.62. The maximum Gasteiger partial charge on any atom is 0.306 e. The summed E-state index contributed by atoms with van der Waals surface area (Å²) >= 11 is 5.94. The van der Waals surface area contributed by atoms with Gasteiger partial charge in [-0.25, -0.2) is 0 Å². The number of rotatable bonds is 8. The Morgan fingerprint density at radius 2 is 2.13 bits per heavy atom. The summed E-state index contributed by atoms with van der Waals surface area (Å²) in [5.41, 5.74) is 0.944. The maximum absolute atomic E-state index is 11.7. The number of benzene rings is 1. The lowest BCUT2D eigenvalue weighted by molar-refractivity contribution is -0.155. The first-order chi connectivity index (χ1) is 11.0. The lowest BCUT2D eigenvalue weighted by atomic mass is 10.2. The highest BCUT2D eigenvalue weighted by Gasteiger charge is 2.27. The molecule has 1 fully saturated rings. The normalized spacial score (nSPS) is 14.9. The molecule has 2 rings (SSSR count). The summed E-state index contributed by atoms with van der Waals surface area (Å²) in [5, 5.41) is 3.50. The smallest absolute Gasteiger partial charge is 0.306 e. The van der Waals surface area contributed by atoms with E-state index in [9.17, 15) is 9.59 Å². The lowest BCUT2D eigenvalue weighted by Crippen LogP contribution is -2.37. The highest BCUT2D eigenvalue weighted by molar-refractivity contribution is 6.31. The Morgan fingerprint density at radius 1 is 1.39 bits per heavy atom. The predicted molar refractivity (Wildman–Crippen MR) is 87.6 cm³/mol. The zero-order valence-corrected chi connectivity index (χ0v) is 14.2.